The minimum absolute atomic E-state index is 0. The molecule has 0 fully saturated rings. The van der Waals surface area contributed by atoms with Gasteiger partial charge in [-0.25, -0.2) is 0 Å². The molecule has 1 heterocycles. The molecular formula is C9H12ClF3N2O. The van der Waals surface area contributed by atoms with Crippen molar-refractivity contribution in [3.8, 4) is 0 Å². The molecule has 0 aliphatic heterocycles. The number of hydrogen-bond acceptors (Lipinski definition) is 3. The molecule has 0 aromatic carbocycles. The number of rotatable bonds is 3. The molecule has 0 spiro atoms. The molecule has 1 aromatic heterocycles. The number of alkyl halides is 3. The van der Waals surface area contributed by atoms with Crippen molar-refractivity contribution in [3.05, 3.63) is 29.6 Å². The second-order valence-corrected chi connectivity index (χ2v) is 3.14. The number of halogens is 4. The summed E-state index contributed by atoms with van der Waals surface area (Å²) in [5, 5.41) is 8.66. The Bertz CT molecular complexity index is 333. The summed E-state index contributed by atoms with van der Waals surface area (Å²) in [5.74, 6) is 0. The van der Waals surface area contributed by atoms with Gasteiger partial charge in [-0.1, -0.05) is 0 Å². The molecule has 3 N–H and O–H groups in total. The average molecular weight is 257 g/mol. The standard InChI is InChI=1S/C9H11F3N2O.ClH/c10-9(11,12)7-2-1-3-14-8(7)4-6(13)5-15;/h1-3,6,15H,4-5,13H2;1H/t6-;/m1./s1. The molecule has 0 aliphatic rings. The van der Waals surface area contributed by atoms with Crippen LogP contribution in [-0.4, -0.2) is 22.7 Å². The van der Waals surface area contributed by atoms with Crippen LogP contribution in [0.1, 0.15) is 11.3 Å². The number of aromatic nitrogens is 1. The molecule has 1 rings (SSSR count). The Morgan fingerprint density at radius 2 is 2.06 bits per heavy atom. The van der Waals surface area contributed by atoms with Crippen molar-refractivity contribution in [1.82, 2.24) is 4.98 Å². The lowest BCUT2D eigenvalue weighted by Crippen LogP contribution is -2.28. The van der Waals surface area contributed by atoms with Gasteiger partial charge in [-0.3, -0.25) is 4.98 Å². The summed E-state index contributed by atoms with van der Waals surface area (Å²) in [5.41, 5.74) is 4.43. The number of nitrogens with zero attached hydrogens (tertiary/aromatic N) is 1. The zero-order valence-electron chi connectivity index (χ0n) is 8.24. The summed E-state index contributed by atoms with van der Waals surface area (Å²) in [6.45, 7) is -0.367. The van der Waals surface area contributed by atoms with Gasteiger partial charge in [0.2, 0.25) is 0 Å². The first kappa shape index (κ1) is 15.2. The maximum Gasteiger partial charge on any atom is 0.418 e. The van der Waals surface area contributed by atoms with Crippen molar-refractivity contribution in [2.45, 2.75) is 18.6 Å². The van der Waals surface area contributed by atoms with E-state index in [9.17, 15) is 13.2 Å². The Morgan fingerprint density at radius 3 is 2.56 bits per heavy atom. The van der Waals surface area contributed by atoms with Gasteiger partial charge in [0.25, 0.3) is 0 Å². The number of hydrogen-bond donors (Lipinski definition) is 2. The third kappa shape index (κ3) is 3.96. The van der Waals surface area contributed by atoms with Gasteiger partial charge in [-0.15, -0.1) is 12.4 Å². The van der Waals surface area contributed by atoms with E-state index in [1.54, 1.807) is 0 Å². The first-order valence-electron chi connectivity index (χ1n) is 4.32. The van der Waals surface area contributed by atoms with Gasteiger partial charge in [0.1, 0.15) is 0 Å². The third-order valence-electron chi connectivity index (χ3n) is 1.89. The molecule has 1 atom stereocenters. The predicted octanol–water partition coefficient (Wildman–Crippen LogP) is 1.38. The van der Waals surface area contributed by atoms with E-state index in [1.165, 1.54) is 12.3 Å². The van der Waals surface area contributed by atoms with Crippen LogP contribution in [0.25, 0.3) is 0 Å². The third-order valence-corrected chi connectivity index (χ3v) is 1.89. The van der Waals surface area contributed by atoms with E-state index in [4.69, 9.17) is 10.8 Å². The number of aliphatic hydroxyl groups excluding tert-OH is 1. The van der Waals surface area contributed by atoms with Crippen LogP contribution < -0.4 is 5.73 Å². The van der Waals surface area contributed by atoms with E-state index in [1.807, 2.05) is 0 Å². The summed E-state index contributed by atoms with van der Waals surface area (Å²) in [6, 6.07) is 1.45. The minimum Gasteiger partial charge on any atom is -0.395 e. The van der Waals surface area contributed by atoms with Crippen LogP contribution in [0.5, 0.6) is 0 Å². The van der Waals surface area contributed by atoms with Crippen molar-refractivity contribution >= 4 is 12.4 Å². The molecule has 0 saturated heterocycles. The monoisotopic (exact) mass is 256 g/mol. The highest BCUT2D eigenvalue weighted by atomic mass is 35.5. The Balaban J connectivity index is 0.00000225. The lowest BCUT2D eigenvalue weighted by Gasteiger charge is -2.13. The molecule has 0 amide bonds. The lowest BCUT2D eigenvalue weighted by molar-refractivity contribution is -0.138. The number of aliphatic hydroxyl groups is 1. The molecule has 0 radical (unpaired) electrons. The van der Waals surface area contributed by atoms with Crippen LogP contribution in [0.15, 0.2) is 18.3 Å². The SMILES string of the molecule is Cl.N[C@@H](CO)Cc1ncccc1C(F)(F)F. The van der Waals surface area contributed by atoms with Crippen LogP contribution in [-0.2, 0) is 12.6 Å². The second kappa shape index (κ2) is 6.03. The molecule has 92 valence electrons. The van der Waals surface area contributed by atoms with Crippen LogP contribution in [0.3, 0.4) is 0 Å². The molecular weight excluding hydrogens is 245 g/mol. The van der Waals surface area contributed by atoms with E-state index in [0.717, 1.165) is 6.07 Å². The predicted molar refractivity (Wildman–Crippen MR) is 55.3 cm³/mol. The summed E-state index contributed by atoms with van der Waals surface area (Å²) >= 11 is 0. The van der Waals surface area contributed by atoms with E-state index < -0.39 is 17.8 Å². The van der Waals surface area contributed by atoms with Gasteiger partial charge in [-0.05, 0) is 12.1 Å². The molecule has 0 saturated carbocycles. The Kier molecular flexibility index (Phi) is 5.71. The summed E-state index contributed by atoms with van der Waals surface area (Å²) < 4.78 is 37.4. The van der Waals surface area contributed by atoms with Gasteiger partial charge in [0, 0.05) is 18.7 Å². The Labute approximate surface area is 96.9 Å². The maximum atomic E-state index is 12.5. The Hall–Kier alpha value is -0.850. The molecule has 16 heavy (non-hydrogen) atoms. The fourth-order valence-corrected chi connectivity index (χ4v) is 1.17. The zero-order valence-corrected chi connectivity index (χ0v) is 9.05. The smallest absolute Gasteiger partial charge is 0.395 e. The first-order valence-corrected chi connectivity index (χ1v) is 4.32. The number of nitrogens with two attached hydrogens (primary N) is 1. The average Bonchev–Trinajstić information content (AvgIpc) is 2.17. The van der Waals surface area contributed by atoms with Crippen molar-refractivity contribution in [1.29, 1.82) is 0 Å². The van der Waals surface area contributed by atoms with Crippen LogP contribution in [0.4, 0.5) is 13.2 Å². The second-order valence-electron chi connectivity index (χ2n) is 3.14. The van der Waals surface area contributed by atoms with Gasteiger partial charge < -0.3 is 10.8 Å². The van der Waals surface area contributed by atoms with Crippen LogP contribution >= 0.6 is 12.4 Å². The van der Waals surface area contributed by atoms with Crippen molar-refractivity contribution in [2.24, 2.45) is 5.73 Å². The van der Waals surface area contributed by atoms with Crippen molar-refractivity contribution in [2.75, 3.05) is 6.61 Å². The van der Waals surface area contributed by atoms with Crippen molar-refractivity contribution in [3.63, 3.8) is 0 Å². The van der Waals surface area contributed by atoms with E-state index in [2.05, 4.69) is 4.98 Å². The molecule has 3 nitrogen and oxygen atoms in total. The maximum absolute atomic E-state index is 12.5. The van der Waals surface area contributed by atoms with Gasteiger partial charge >= 0.3 is 6.18 Å². The quantitative estimate of drug-likeness (QED) is 0.859. The highest BCUT2D eigenvalue weighted by molar-refractivity contribution is 5.85. The molecule has 0 unspecified atom stereocenters. The molecule has 0 aliphatic carbocycles. The minimum atomic E-state index is -4.43. The fraction of sp³-hybridized carbons (Fsp3) is 0.444. The first-order chi connectivity index (χ1) is 6.95. The topological polar surface area (TPSA) is 59.1 Å². The summed E-state index contributed by atoms with van der Waals surface area (Å²) in [7, 11) is 0. The normalized spacial score (nSPS) is 13.1. The van der Waals surface area contributed by atoms with Gasteiger partial charge in [-0.2, -0.15) is 13.2 Å². The van der Waals surface area contributed by atoms with Gasteiger partial charge in [0.15, 0.2) is 0 Å². The zero-order chi connectivity index (χ0) is 11.5. The highest BCUT2D eigenvalue weighted by Gasteiger charge is 2.33. The molecule has 7 heteroatoms. The fourth-order valence-electron chi connectivity index (χ4n) is 1.17. The molecule has 0 bridgehead atoms. The van der Waals surface area contributed by atoms with Gasteiger partial charge in [0.05, 0.1) is 17.9 Å². The Morgan fingerprint density at radius 1 is 1.44 bits per heavy atom. The molecule has 1 aromatic rings. The summed E-state index contributed by atoms with van der Waals surface area (Å²) in [6.07, 6.45) is -3.25. The van der Waals surface area contributed by atoms with E-state index in [-0.39, 0.29) is 31.1 Å². The van der Waals surface area contributed by atoms with Crippen LogP contribution in [0, 0.1) is 0 Å². The van der Waals surface area contributed by atoms with Crippen LogP contribution in [0.2, 0.25) is 0 Å². The largest absolute Gasteiger partial charge is 0.418 e. The van der Waals surface area contributed by atoms with E-state index >= 15 is 0 Å². The summed E-state index contributed by atoms with van der Waals surface area (Å²) in [4.78, 5) is 3.62. The lowest BCUT2D eigenvalue weighted by atomic mass is 10.1. The highest BCUT2D eigenvalue weighted by Crippen LogP contribution is 2.31. The van der Waals surface area contributed by atoms with Crippen molar-refractivity contribution < 1.29 is 18.3 Å². The number of pyridine rings is 1. The van der Waals surface area contributed by atoms with E-state index in [0.29, 0.717) is 0 Å².